The van der Waals surface area contributed by atoms with Gasteiger partial charge in [-0.1, -0.05) is 80.1 Å². The largest absolute Gasteiger partial charge is 0.342 e. The highest BCUT2D eigenvalue weighted by molar-refractivity contribution is 5.84. The molecule has 0 N–H and O–H groups in total. The molecular formula is C28H25N3. The van der Waals surface area contributed by atoms with Crippen molar-refractivity contribution in [1.29, 1.82) is 5.26 Å². The van der Waals surface area contributed by atoms with E-state index in [2.05, 4.69) is 94.9 Å². The van der Waals surface area contributed by atoms with Gasteiger partial charge >= 0.3 is 0 Å². The maximum atomic E-state index is 10.0. The summed E-state index contributed by atoms with van der Waals surface area (Å²) in [5, 5.41) is 12.4. The molecule has 3 nitrogen and oxygen atoms in total. The Labute approximate surface area is 182 Å². The lowest BCUT2D eigenvalue weighted by Crippen LogP contribution is -2.18. The fourth-order valence-corrected chi connectivity index (χ4v) is 4.65. The van der Waals surface area contributed by atoms with Crippen molar-refractivity contribution in [1.82, 2.24) is 9.13 Å². The third-order valence-corrected chi connectivity index (χ3v) is 6.09. The molecule has 2 heterocycles. The van der Waals surface area contributed by atoms with Crippen LogP contribution in [0.25, 0.3) is 21.8 Å². The Morgan fingerprint density at radius 3 is 2.16 bits per heavy atom. The van der Waals surface area contributed by atoms with Gasteiger partial charge in [0.2, 0.25) is 0 Å². The number of nitrogens with zero attached hydrogens (tertiary/aromatic N) is 3. The molecule has 0 spiro atoms. The van der Waals surface area contributed by atoms with Crippen LogP contribution in [0.15, 0.2) is 91.0 Å². The highest BCUT2D eigenvalue weighted by atomic mass is 15.1. The van der Waals surface area contributed by atoms with Gasteiger partial charge in [-0.15, -0.1) is 0 Å². The zero-order valence-corrected chi connectivity index (χ0v) is 17.7. The molecule has 0 saturated carbocycles. The second kappa shape index (κ2) is 8.16. The molecule has 0 aliphatic carbocycles. The SMILES string of the molecule is CCCCn1c(C(c2ccccc2)n2c(C#N)cc3ccccc32)cc2ccccc21. The van der Waals surface area contributed by atoms with Crippen molar-refractivity contribution in [3.05, 3.63) is 108 Å². The van der Waals surface area contributed by atoms with E-state index in [9.17, 15) is 5.26 Å². The lowest BCUT2D eigenvalue weighted by atomic mass is 10.0. The standard InChI is InChI=1S/C28H25N3/c1-2-3-17-30-25-15-9-7-14-23(25)19-27(30)28(21-11-5-4-6-12-21)31-24(20-29)18-22-13-8-10-16-26(22)31/h4-16,18-19,28H,2-3,17H2,1H3. The number of unbranched alkanes of at least 4 members (excludes halogenated alkanes) is 1. The summed E-state index contributed by atoms with van der Waals surface area (Å²) in [5.41, 5.74) is 5.42. The van der Waals surface area contributed by atoms with Crippen molar-refractivity contribution in [2.75, 3.05) is 0 Å². The average Bonchev–Trinajstić information content (AvgIpc) is 3.37. The molecule has 0 saturated heterocycles. The number of rotatable bonds is 6. The molecule has 0 amide bonds. The molecule has 1 unspecified atom stereocenters. The van der Waals surface area contributed by atoms with Gasteiger partial charge in [-0.25, -0.2) is 0 Å². The van der Waals surface area contributed by atoms with Crippen LogP contribution in [0, 0.1) is 11.3 Å². The summed E-state index contributed by atoms with van der Waals surface area (Å²) < 4.78 is 4.66. The molecule has 0 bridgehead atoms. The van der Waals surface area contributed by atoms with Crippen LogP contribution in [0.4, 0.5) is 0 Å². The molecule has 152 valence electrons. The molecule has 5 aromatic rings. The van der Waals surface area contributed by atoms with Gasteiger partial charge in [-0.2, -0.15) is 5.26 Å². The van der Waals surface area contributed by atoms with Crippen LogP contribution in [0.2, 0.25) is 0 Å². The van der Waals surface area contributed by atoms with E-state index in [1.807, 2.05) is 18.2 Å². The minimum absolute atomic E-state index is 0.0833. The Kier molecular flexibility index (Phi) is 5.06. The summed E-state index contributed by atoms with van der Waals surface area (Å²) >= 11 is 0. The van der Waals surface area contributed by atoms with Crippen LogP contribution in [-0.4, -0.2) is 9.13 Å². The molecule has 31 heavy (non-hydrogen) atoms. The molecule has 3 heteroatoms. The van der Waals surface area contributed by atoms with Crippen LogP contribution < -0.4 is 0 Å². The first-order chi connectivity index (χ1) is 15.3. The van der Waals surface area contributed by atoms with Gasteiger partial charge in [-0.3, -0.25) is 0 Å². The predicted molar refractivity (Wildman–Crippen MR) is 127 cm³/mol. The lowest BCUT2D eigenvalue weighted by Gasteiger charge is -2.24. The zero-order chi connectivity index (χ0) is 21.2. The Hall–Kier alpha value is -3.77. The van der Waals surface area contributed by atoms with Crippen LogP contribution in [0.3, 0.4) is 0 Å². The van der Waals surface area contributed by atoms with Crippen LogP contribution in [0.1, 0.15) is 42.8 Å². The fourth-order valence-electron chi connectivity index (χ4n) is 4.65. The zero-order valence-electron chi connectivity index (χ0n) is 17.7. The molecule has 0 aliphatic heterocycles. The van der Waals surface area contributed by atoms with E-state index in [0.717, 1.165) is 30.3 Å². The van der Waals surface area contributed by atoms with E-state index in [4.69, 9.17) is 0 Å². The first-order valence-electron chi connectivity index (χ1n) is 10.9. The second-order valence-electron chi connectivity index (χ2n) is 8.02. The summed E-state index contributed by atoms with van der Waals surface area (Å²) in [6, 6.07) is 34.1. The van der Waals surface area contributed by atoms with Crippen molar-refractivity contribution >= 4 is 21.8 Å². The molecule has 1 atom stereocenters. The van der Waals surface area contributed by atoms with Crippen molar-refractivity contribution in [3.8, 4) is 6.07 Å². The van der Waals surface area contributed by atoms with Gasteiger partial charge in [-0.05, 0) is 41.6 Å². The highest BCUT2D eigenvalue weighted by Gasteiger charge is 2.25. The van der Waals surface area contributed by atoms with E-state index in [0.29, 0.717) is 5.69 Å². The normalized spacial score (nSPS) is 12.3. The number of aryl methyl sites for hydroxylation is 1. The minimum Gasteiger partial charge on any atom is -0.342 e. The molecule has 0 aliphatic rings. The van der Waals surface area contributed by atoms with E-state index >= 15 is 0 Å². The van der Waals surface area contributed by atoms with E-state index in [1.165, 1.54) is 22.2 Å². The maximum Gasteiger partial charge on any atom is 0.122 e. The van der Waals surface area contributed by atoms with Crippen molar-refractivity contribution < 1.29 is 0 Å². The number of fused-ring (bicyclic) bond motifs is 2. The van der Waals surface area contributed by atoms with Crippen molar-refractivity contribution in [3.63, 3.8) is 0 Å². The minimum atomic E-state index is -0.0833. The van der Waals surface area contributed by atoms with Crippen molar-refractivity contribution in [2.24, 2.45) is 0 Å². The fraction of sp³-hybridized carbons (Fsp3) is 0.179. The molecule has 3 aromatic carbocycles. The van der Waals surface area contributed by atoms with Crippen LogP contribution >= 0.6 is 0 Å². The summed E-state index contributed by atoms with van der Waals surface area (Å²) in [6.45, 7) is 3.19. The molecule has 2 aromatic heterocycles. The number of hydrogen-bond acceptors (Lipinski definition) is 1. The number of hydrogen-bond donors (Lipinski definition) is 0. The summed E-state index contributed by atoms with van der Waals surface area (Å²) in [7, 11) is 0. The van der Waals surface area contributed by atoms with E-state index in [1.54, 1.807) is 0 Å². The maximum absolute atomic E-state index is 10.0. The first kappa shape index (κ1) is 19.2. The monoisotopic (exact) mass is 403 g/mol. The quantitative estimate of drug-likeness (QED) is 0.303. The summed E-state index contributed by atoms with van der Waals surface area (Å²) in [5.74, 6) is 0. The number of aromatic nitrogens is 2. The summed E-state index contributed by atoms with van der Waals surface area (Å²) in [6.07, 6.45) is 2.25. The van der Waals surface area contributed by atoms with E-state index in [-0.39, 0.29) is 6.04 Å². The first-order valence-corrected chi connectivity index (χ1v) is 10.9. The molecule has 0 fully saturated rings. The van der Waals surface area contributed by atoms with Gasteiger partial charge in [0.15, 0.2) is 0 Å². The number of para-hydroxylation sites is 2. The lowest BCUT2D eigenvalue weighted by molar-refractivity contribution is 0.578. The van der Waals surface area contributed by atoms with Gasteiger partial charge in [0.05, 0.1) is 5.52 Å². The number of nitriles is 1. The van der Waals surface area contributed by atoms with Gasteiger partial charge in [0.1, 0.15) is 17.8 Å². The third kappa shape index (κ3) is 3.31. The highest BCUT2D eigenvalue weighted by Crippen LogP contribution is 2.36. The number of benzene rings is 3. The smallest absolute Gasteiger partial charge is 0.122 e. The molecule has 0 radical (unpaired) electrons. The third-order valence-electron chi connectivity index (χ3n) is 6.09. The Morgan fingerprint density at radius 2 is 1.45 bits per heavy atom. The Bertz CT molecular complexity index is 1380. The predicted octanol–water partition coefficient (Wildman–Crippen LogP) is 6.91. The van der Waals surface area contributed by atoms with Gasteiger partial charge in [0, 0.05) is 23.1 Å². The Balaban J connectivity index is 1.84. The van der Waals surface area contributed by atoms with Crippen LogP contribution in [-0.2, 0) is 6.54 Å². The second-order valence-corrected chi connectivity index (χ2v) is 8.02. The van der Waals surface area contributed by atoms with Crippen LogP contribution in [0.5, 0.6) is 0 Å². The van der Waals surface area contributed by atoms with Crippen molar-refractivity contribution in [2.45, 2.75) is 32.4 Å². The summed E-state index contributed by atoms with van der Waals surface area (Å²) in [4.78, 5) is 0. The van der Waals surface area contributed by atoms with Gasteiger partial charge < -0.3 is 9.13 Å². The molecule has 5 rings (SSSR count). The topological polar surface area (TPSA) is 33.6 Å². The molecular weight excluding hydrogens is 378 g/mol. The average molecular weight is 404 g/mol. The Morgan fingerprint density at radius 1 is 0.806 bits per heavy atom. The van der Waals surface area contributed by atoms with E-state index < -0.39 is 0 Å². The van der Waals surface area contributed by atoms with Gasteiger partial charge in [0.25, 0.3) is 0 Å².